The molecule has 0 spiro atoms. The van der Waals surface area contributed by atoms with Crippen LogP contribution in [0.1, 0.15) is 37.5 Å². The molecular formula is C21H20O2. The van der Waals surface area contributed by atoms with Crippen LogP contribution in [0.5, 0.6) is 0 Å². The minimum Gasteiger partial charge on any atom is -0.457 e. The van der Waals surface area contributed by atoms with Crippen molar-refractivity contribution in [1.29, 1.82) is 0 Å². The lowest BCUT2D eigenvalue weighted by Crippen LogP contribution is -2.22. The maximum Gasteiger partial charge on any atom is 0.331 e. The molecule has 0 saturated carbocycles. The van der Waals surface area contributed by atoms with Gasteiger partial charge in [-0.3, -0.25) is 0 Å². The van der Waals surface area contributed by atoms with Crippen LogP contribution in [0.3, 0.4) is 0 Å². The Kier molecular flexibility index (Phi) is 5.38. The minimum atomic E-state index is -0.492. The van der Waals surface area contributed by atoms with E-state index in [0.29, 0.717) is 0 Å². The number of rotatable bonds is 2. The Balaban J connectivity index is 2.18. The van der Waals surface area contributed by atoms with Gasteiger partial charge in [-0.05, 0) is 50.6 Å². The molecule has 0 aliphatic rings. The van der Waals surface area contributed by atoms with Gasteiger partial charge in [-0.15, -0.1) is 0 Å². The molecule has 23 heavy (non-hydrogen) atoms. The lowest BCUT2D eigenvalue weighted by Gasteiger charge is -2.17. The number of benzene rings is 2. The van der Waals surface area contributed by atoms with E-state index in [1.165, 1.54) is 6.08 Å². The standard InChI is InChI=1S/C21H20O2/c1-21(2,3)23-20(22)16-15-19-12-8-7-11-18(19)14-13-17-9-5-4-6-10-17/h4-12,15-16H,1-3H3/b16-15+. The molecule has 0 radical (unpaired) electrons. The number of carbonyl (C=O) groups is 1. The van der Waals surface area contributed by atoms with E-state index in [1.807, 2.05) is 75.4 Å². The molecule has 0 aliphatic carbocycles. The van der Waals surface area contributed by atoms with E-state index in [9.17, 15) is 4.79 Å². The second kappa shape index (κ2) is 7.47. The summed E-state index contributed by atoms with van der Waals surface area (Å²) in [6, 6.07) is 17.5. The van der Waals surface area contributed by atoms with Crippen LogP contribution >= 0.6 is 0 Å². The zero-order valence-electron chi connectivity index (χ0n) is 13.7. The summed E-state index contributed by atoms with van der Waals surface area (Å²) in [6.07, 6.45) is 3.18. The van der Waals surface area contributed by atoms with E-state index in [-0.39, 0.29) is 5.97 Å². The maximum absolute atomic E-state index is 11.8. The van der Waals surface area contributed by atoms with E-state index >= 15 is 0 Å². The van der Waals surface area contributed by atoms with Gasteiger partial charge in [-0.2, -0.15) is 0 Å². The highest BCUT2D eigenvalue weighted by Gasteiger charge is 2.13. The molecule has 0 atom stereocenters. The Labute approximate surface area is 137 Å². The van der Waals surface area contributed by atoms with E-state index in [0.717, 1.165) is 16.7 Å². The fraction of sp³-hybridized carbons (Fsp3) is 0.190. The van der Waals surface area contributed by atoms with E-state index in [2.05, 4.69) is 11.8 Å². The highest BCUT2D eigenvalue weighted by Crippen LogP contribution is 2.12. The molecule has 0 amide bonds. The van der Waals surface area contributed by atoms with Crippen molar-refractivity contribution in [1.82, 2.24) is 0 Å². The quantitative estimate of drug-likeness (QED) is 0.466. The summed E-state index contributed by atoms with van der Waals surface area (Å²) in [5, 5.41) is 0. The first-order chi connectivity index (χ1) is 10.9. The summed E-state index contributed by atoms with van der Waals surface area (Å²) in [4.78, 5) is 11.8. The number of esters is 1. The van der Waals surface area contributed by atoms with E-state index in [1.54, 1.807) is 6.08 Å². The molecule has 2 nitrogen and oxygen atoms in total. The van der Waals surface area contributed by atoms with Crippen LogP contribution in [0.4, 0.5) is 0 Å². The average Bonchev–Trinajstić information content (AvgIpc) is 2.51. The summed E-state index contributed by atoms with van der Waals surface area (Å²) in [6.45, 7) is 5.54. The molecule has 0 fully saturated rings. The van der Waals surface area contributed by atoms with Crippen molar-refractivity contribution in [3.63, 3.8) is 0 Å². The Morgan fingerprint density at radius 2 is 1.61 bits per heavy atom. The molecule has 0 heterocycles. The number of hydrogen-bond acceptors (Lipinski definition) is 2. The molecule has 116 valence electrons. The minimum absolute atomic E-state index is 0.358. The Bertz CT molecular complexity index is 754. The Hall–Kier alpha value is -2.79. The van der Waals surface area contributed by atoms with Crippen molar-refractivity contribution in [2.24, 2.45) is 0 Å². The third-order valence-corrected chi connectivity index (χ3v) is 2.88. The van der Waals surface area contributed by atoms with Gasteiger partial charge in [-0.1, -0.05) is 48.2 Å². The van der Waals surface area contributed by atoms with E-state index < -0.39 is 5.60 Å². The van der Waals surface area contributed by atoms with Crippen LogP contribution < -0.4 is 0 Å². The fourth-order valence-electron chi connectivity index (χ4n) is 1.91. The van der Waals surface area contributed by atoms with Gasteiger partial charge >= 0.3 is 5.97 Å². The van der Waals surface area contributed by atoms with Gasteiger partial charge in [-0.25, -0.2) is 4.79 Å². The van der Waals surface area contributed by atoms with Gasteiger partial charge in [0.1, 0.15) is 5.60 Å². The summed E-state index contributed by atoms with van der Waals surface area (Å²) < 4.78 is 5.27. The van der Waals surface area contributed by atoms with Crippen LogP contribution in [0.2, 0.25) is 0 Å². The second-order valence-electron chi connectivity index (χ2n) is 6.07. The van der Waals surface area contributed by atoms with Crippen LogP contribution in [0.25, 0.3) is 6.08 Å². The van der Waals surface area contributed by atoms with Crippen LogP contribution in [-0.2, 0) is 9.53 Å². The van der Waals surface area contributed by atoms with Crippen LogP contribution in [-0.4, -0.2) is 11.6 Å². The molecule has 0 saturated heterocycles. The monoisotopic (exact) mass is 304 g/mol. The zero-order valence-corrected chi connectivity index (χ0v) is 13.7. The van der Waals surface area contributed by atoms with Crippen molar-refractivity contribution in [2.45, 2.75) is 26.4 Å². The molecule has 0 aliphatic heterocycles. The molecule has 0 N–H and O–H groups in total. The predicted octanol–water partition coefficient (Wildman–Crippen LogP) is 4.44. The van der Waals surface area contributed by atoms with Gasteiger partial charge in [0.15, 0.2) is 0 Å². The first-order valence-electron chi connectivity index (χ1n) is 7.51. The average molecular weight is 304 g/mol. The second-order valence-corrected chi connectivity index (χ2v) is 6.07. The molecule has 0 bridgehead atoms. The zero-order chi connectivity index (χ0) is 16.7. The Morgan fingerprint density at radius 3 is 2.30 bits per heavy atom. The van der Waals surface area contributed by atoms with E-state index in [4.69, 9.17) is 4.74 Å². The first kappa shape index (κ1) is 16.6. The van der Waals surface area contributed by atoms with Crippen molar-refractivity contribution in [3.05, 3.63) is 77.4 Å². The third kappa shape index (κ3) is 5.84. The van der Waals surface area contributed by atoms with Crippen LogP contribution in [0.15, 0.2) is 60.7 Å². The summed E-state index contributed by atoms with van der Waals surface area (Å²) >= 11 is 0. The number of hydrogen-bond donors (Lipinski definition) is 0. The first-order valence-corrected chi connectivity index (χ1v) is 7.51. The number of carbonyl (C=O) groups excluding carboxylic acids is 1. The molecular weight excluding hydrogens is 284 g/mol. The fourth-order valence-corrected chi connectivity index (χ4v) is 1.91. The van der Waals surface area contributed by atoms with Gasteiger partial charge in [0.2, 0.25) is 0 Å². The molecule has 2 heteroatoms. The lowest BCUT2D eigenvalue weighted by atomic mass is 10.1. The molecule has 0 aromatic heterocycles. The largest absolute Gasteiger partial charge is 0.457 e. The summed E-state index contributed by atoms with van der Waals surface area (Å²) in [5.41, 5.74) is 2.23. The van der Waals surface area contributed by atoms with Gasteiger partial charge in [0, 0.05) is 17.2 Å². The van der Waals surface area contributed by atoms with Crippen molar-refractivity contribution in [2.75, 3.05) is 0 Å². The highest BCUT2D eigenvalue weighted by atomic mass is 16.6. The molecule has 2 aromatic rings. The highest BCUT2D eigenvalue weighted by molar-refractivity contribution is 5.87. The topological polar surface area (TPSA) is 26.3 Å². The summed E-state index contributed by atoms with van der Waals surface area (Å²) in [7, 11) is 0. The maximum atomic E-state index is 11.8. The van der Waals surface area contributed by atoms with Gasteiger partial charge < -0.3 is 4.74 Å². The molecule has 2 aromatic carbocycles. The lowest BCUT2D eigenvalue weighted by molar-refractivity contribution is -0.148. The van der Waals surface area contributed by atoms with Gasteiger partial charge in [0.25, 0.3) is 0 Å². The van der Waals surface area contributed by atoms with Crippen molar-refractivity contribution in [3.8, 4) is 11.8 Å². The molecule has 2 rings (SSSR count). The Morgan fingerprint density at radius 1 is 0.957 bits per heavy atom. The smallest absolute Gasteiger partial charge is 0.331 e. The molecule has 0 unspecified atom stereocenters. The SMILES string of the molecule is CC(C)(C)OC(=O)/C=C/c1ccccc1C#Cc1ccccc1. The van der Waals surface area contributed by atoms with Crippen LogP contribution in [0, 0.1) is 11.8 Å². The predicted molar refractivity (Wildman–Crippen MR) is 93.7 cm³/mol. The normalized spacial score (nSPS) is 10.9. The van der Waals surface area contributed by atoms with Gasteiger partial charge in [0.05, 0.1) is 0 Å². The summed E-state index contributed by atoms with van der Waals surface area (Å²) in [5.74, 6) is 5.92. The van der Waals surface area contributed by atoms with Crippen molar-refractivity contribution >= 4 is 12.0 Å². The third-order valence-electron chi connectivity index (χ3n) is 2.88. The number of ether oxygens (including phenoxy) is 1. The van der Waals surface area contributed by atoms with Crippen molar-refractivity contribution < 1.29 is 9.53 Å².